The van der Waals surface area contributed by atoms with Gasteiger partial charge in [-0.2, -0.15) is 0 Å². The molecule has 1 N–H and O–H groups in total. The van der Waals surface area contributed by atoms with Crippen molar-refractivity contribution >= 4 is 28.7 Å². The van der Waals surface area contributed by atoms with Gasteiger partial charge in [0, 0.05) is 35.9 Å². The van der Waals surface area contributed by atoms with E-state index in [-0.39, 0.29) is 0 Å². The number of hydrogen-bond acceptors (Lipinski definition) is 3. The van der Waals surface area contributed by atoms with Crippen molar-refractivity contribution in [3.05, 3.63) is 78.0 Å². The number of ketones is 1. The Morgan fingerprint density at radius 3 is 2.61 bits per heavy atom. The van der Waals surface area contributed by atoms with E-state index < -0.39 is 5.78 Å². The van der Waals surface area contributed by atoms with Crippen molar-refractivity contribution in [1.29, 1.82) is 0 Å². The lowest BCUT2D eigenvalue weighted by Crippen LogP contribution is -2.32. The van der Waals surface area contributed by atoms with Crippen LogP contribution in [0.3, 0.4) is 0 Å². The third kappa shape index (κ3) is 3.63. The van der Waals surface area contributed by atoms with Crippen molar-refractivity contribution in [2.75, 3.05) is 13.1 Å². The quantitative estimate of drug-likeness (QED) is 0.394. The summed E-state index contributed by atoms with van der Waals surface area (Å²) in [6.45, 7) is 6.28. The average molecular weight is 372 g/mol. The molecule has 0 radical (unpaired) electrons. The van der Waals surface area contributed by atoms with Crippen LogP contribution in [0, 0.1) is 5.92 Å². The van der Waals surface area contributed by atoms with Gasteiger partial charge in [0.25, 0.3) is 0 Å². The molecule has 0 saturated carbocycles. The standard InChI is InChI=1S/C24H24N2O2/c1-17(20-7-8-23-21(14-20)22(15-25-23)24(28)16-27)26-11-9-19(10-12-26)13-18-5-3-2-4-6-18/h2-8,14-16,19,25H,1,9-13H2. The normalized spacial score (nSPS) is 14.9. The van der Waals surface area contributed by atoms with Gasteiger partial charge in [0.2, 0.25) is 5.78 Å². The van der Waals surface area contributed by atoms with E-state index >= 15 is 0 Å². The van der Waals surface area contributed by atoms with Crippen molar-refractivity contribution in [2.45, 2.75) is 19.3 Å². The van der Waals surface area contributed by atoms with Gasteiger partial charge >= 0.3 is 0 Å². The molecule has 1 aliphatic rings. The Kier molecular flexibility index (Phi) is 5.11. The van der Waals surface area contributed by atoms with Gasteiger partial charge in [-0.25, -0.2) is 0 Å². The van der Waals surface area contributed by atoms with Crippen LogP contribution in [0.1, 0.15) is 34.3 Å². The number of piperidine rings is 1. The first-order chi connectivity index (χ1) is 13.7. The lowest BCUT2D eigenvalue weighted by Gasteiger charge is -2.35. The molecule has 2 heterocycles. The highest BCUT2D eigenvalue weighted by Gasteiger charge is 2.21. The number of likely N-dealkylation sites (tertiary alicyclic amines) is 1. The zero-order valence-electron chi connectivity index (χ0n) is 15.9. The molecular weight excluding hydrogens is 348 g/mol. The van der Waals surface area contributed by atoms with Crippen molar-refractivity contribution in [2.24, 2.45) is 5.92 Å². The molecule has 3 aromatic rings. The molecule has 0 unspecified atom stereocenters. The van der Waals surface area contributed by atoms with Crippen LogP contribution in [-0.2, 0) is 11.2 Å². The third-order valence-corrected chi connectivity index (χ3v) is 5.75. The molecule has 0 bridgehead atoms. The van der Waals surface area contributed by atoms with Gasteiger partial charge in [-0.15, -0.1) is 0 Å². The Morgan fingerprint density at radius 1 is 1.14 bits per heavy atom. The summed E-state index contributed by atoms with van der Waals surface area (Å²) in [7, 11) is 0. The maximum atomic E-state index is 11.8. The van der Waals surface area contributed by atoms with Crippen LogP contribution in [0.25, 0.3) is 16.6 Å². The van der Waals surface area contributed by atoms with Gasteiger partial charge in [0.05, 0.1) is 5.56 Å². The van der Waals surface area contributed by atoms with Crippen LogP contribution < -0.4 is 0 Å². The van der Waals surface area contributed by atoms with Crippen molar-refractivity contribution in [1.82, 2.24) is 9.88 Å². The fraction of sp³-hybridized carbons (Fsp3) is 0.250. The molecule has 0 spiro atoms. The van der Waals surface area contributed by atoms with E-state index in [4.69, 9.17) is 0 Å². The average Bonchev–Trinajstić information content (AvgIpc) is 3.17. The summed E-state index contributed by atoms with van der Waals surface area (Å²) in [6, 6.07) is 16.6. The fourth-order valence-electron chi connectivity index (χ4n) is 4.10. The Morgan fingerprint density at radius 2 is 1.89 bits per heavy atom. The second kappa shape index (κ2) is 7.85. The number of fused-ring (bicyclic) bond motifs is 1. The van der Waals surface area contributed by atoms with Gasteiger partial charge < -0.3 is 9.88 Å². The van der Waals surface area contributed by atoms with Crippen LogP contribution in [0.5, 0.6) is 0 Å². The number of nitrogens with one attached hydrogen (secondary N) is 1. The van der Waals surface area contributed by atoms with Crippen LogP contribution >= 0.6 is 0 Å². The number of aromatic nitrogens is 1. The number of aromatic amines is 1. The van der Waals surface area contributed by atoms with Gasteiger partial charge in [0.15, 0.2) is 6.29 Å². The van der Waals surface area contributed by atoms with E-state index in [0.717, 1.165) is 54.5 Å². The highest BCUT2D eigenvalue weighted by atomic mass is 16.2. The summed E-state index contributed by atoms with van der Waals surface area (Å²) in [5.41, 5.74) is 4.65. The van der Waals surface area contributed by atoms with Gasteiger partial charge in [-0.05, 0) is 48.4 Å². The molecule has 28 heavy (non-hydrogen) atoms. The van der Waals surface area contributed by atoms with Crippen LogP contribution in [0.2, 0.25) is 0 Å². The van der Waals surface area contributed by atoms with Gasteiger partial charge in [-0.1, -0.05) is 43.0 Å². The summed E-state index contributed by atoms with van der Waals surface area (Å²) in [4.78, 5) is 28.1. The number of hydrogen-bond donors (Lipinski definition) is 1. The second-order valence-electron chi connectivity index (χ2n) is 7.51. The molecule has 2 aromatic carbocycles. The van der Waals surface area contributed by atoms with Crippen molar-refractivity contribution in [3.63, 3.8) is 0 Å². The number of carbonyl (C=O) groups is 2. The summed E-state index contributed by atoms with van der Waals surface area (Å²) in [6.07, 6.45) is 5.39. The van der Waals surface area contributed by atoms with E-state index in [1.165, 1.54) is 5.56 Å². The maximum absolute atomic E-state index is 11.8. The molecule has 0 atom stereocenters. The van der Waals surface area contributed by atoms with Crippen LogP contribution in [0.4, 0.5) is 0 Å². The predicted molar refractivity (Wildman–Crippen MR) is 112 cm³/mol. The van der Waals surface area contributed by atoms with E-state index in [0.29, 0.717) is 17.8 Å². The zero-order chi connectivity index (χ0) is 19.5. The number of benzene rings is 2. The van der Waals surface area contributed by atoms with Crippen molar-refractivity contribution in [3.8, 4) is 0 Å². The largest absolute Gasteiger partial charge is 0.372 e. The number of aldehydes is 1. The van der Waals surface area contributed by atoms with E-state index in [2.05, 4.69) is 46.8 Å². The molecule has 4 heteroatoms. The molecular formula is C24H24N2O2. The molecule has 1 saturated heterocycles. The maximum Gasteiger partial charge on any atom is 0.227 e. The monoisotopic (exact) mass is 372 g/mol. The summed E-state index contributed by atoms with van der Waals surface area (Å²) in [5.74, 6) is 0.200. The van der Waals surface area contributed by atoms with E-state index in [9.17, 15) is 9.59 Å². The number of carbonyl (C=O) groups excluding carboxylic acids is 2. The Labute approximate surface area is 164 Å². The SMILES string of the molecule is C=C(c1ccc2[nH]cc(C(=O)C=O)c2c1)N1CCC(Cc2ccccc2)CC1. The number of rotatable bonds is 6. The lowest BCUT2D eigenvalue weighted by atomic mass is 9.89. The first kappa shape index (κ1) is 18.2. The van der Waals surface area contributed by atoms with Gasteiger partial charge in [0.1, 0.15) is 0 Å². The van der Waals surface area contributed by atoms with E-state index in [1.54, 1.807) is 6.20 Å². The first-order valence-electron chi connectivity index (χ1n) is 9.74. The molecule has 1 aliphatic heterocycles. The predicted octanol–water partition coefficient (Wildman–Crippen LogP) is 4.47. The lowest BCUT2D eigenvalue weighted by molar-refractivity contribution is -0.104. The minimum absolute atomic E-state index is 0.363. The highest BCUT2D eigenvalue weighted by molar-refractivity contribution is 6.36. The molecule has 0 aliphatic carbocycles. The van der Waals surface area contributed by atoms with Crippen LogP contribution in [0.15, 0.2) is 61.3 Å². The van der Waals surface area contributed by atoms with Crippen molar-refractivity contribution < 1.29 is 9.59 Å². The van der Waals surface area contributed by atoms with E-state index in [1.807, 2.05) is 18.2 Å². The Hall–Kier alpha value is -3.14. The second-order valence-corrected chi connectivity index (χ2v) is 7.51. The fourth-order valence-corrected chi connectivity index (χ4v) is 4.10. The zero-order valence-corrected chi connectivity index (χ0v) is 15.9. The molecule has 0 amide bonds. The highest BCUT2D eigenvalue weighted by Crippen LogP contribution is 2.29. The summed E-state index contributed by atoms with van der Waals surface area (Å²) in [5, 5.41) is 0.773. The van der Waals surface area contributed by atoms with Gasteiger partial charge in [-0.3, -0.25) is 9.59 Å². The smallest absolute Gasteiger partial charge is 0.227 e. The third-order valence-electron chi connectivity index (χ3n) is 5.75. The Balaban J connectivity index is 1.45. The summed E-state index contributed by atoms with van der Waals surface area (Å²) >= 11 is 0. The number of H-pyrrole nitrogens is 1. The minimum atomic E-state index is -0.504. The molecule has 1 fully saturated rings. The first-order valence-corrected chi connectivity index (χ1v) is 9.74. The number of nitrogens with zero attached hydrogens (tertiary/aromatic N) is 1. The summed E-state index contributed by atoms with van der Waals surface area (Å²) < 4.78 is 0. The molecule has 4 nitrogen and oxygen atoms in total. The molecule has 1 aromatic heterocycles. The molecule has 4 rings (SSSR count). The minimum Gasteiger partial charge on any atom is -0.372 e. The Bertz CT molecular complexity index is 1010. The topological polar surface area (TPSA) is 53.2 Å². The van der Waals surface area contributed by atoms with Crippen LogP contribution in [-0.4, -0.2) is 35.0 Å². The molecule has 142 valence electrons. The number of Topliss-reactive ketones (excluding diaryl/α,β-unsaturated/α-hetero) is 1.